The molecule has 0 bridgehead atoms. The third kappa shape index (κ3) is 9.66. The number of alkyl halides is 1. The van der Waals surface area contributed by atoms with Crippen molar-refractivity contribution in [1.82, 2.24) is 14.5 Å². The number of likely N-dealkylation sites (tertiary alicyclic amines) is 1. The van der Waals surface area contributed by atoms with E-state index in [2.05, 4.69) is 4.72 Å². The van der Waals surface area contributed by atoms with Crippen molar-refractivity contribution in [2.45, 2.75) is 58.4 Å². The number of sulfonamides is 1. The van der Waals surface area contributed by atoms with Crippen molar-refractivity contribution in [2.24, 2.45) is 5.92 Å². The summed E-state index contributed by atoms with van der Waals surface area (Å²) in [5, 5.41) is 0. The van der Waals surface area contributed by atoms with Crippen LogP contribution >= 0.6 is 0 Å². The number of benzene rings is 3. The zero-order chi connectivity index (χ0) is 35.1. The Balaban J connectivity index is 1.56. The molecule has 3 aromatic carbocycles. The van der Waals surface area contributed by atoms with Gasteiger partial charge in [-0.3, -0.25) is 0 Å². The van der Waals surface area contributed by atoms with Crippen molar-refractivity contribution in [3.05, 3.63) is 89.7 Å². The molecule has 1 fully saturated rings. The first-order chi connectivity index (χ1) is 22.7. The predicted octanol–water partition coefficient (Wildman–Crippen LogP) is 6.15. The lowest BCUT2D eigenvalue weighted by atomic mass is 9.93. The lowest BCUT2D eigenvalue weighted by molar-refractivity contribution is 0.0278. The van der Waals surface area contributed by atoms with Crippen molar-refractivity contribution >= 4 is 22.2 Å². The summed E-state index contributed by atoms with van der Waals surface area (Å²) in [4.78, 5) is 28.4. The van der Waals surface area contributed by atoms with E-state index in [9.17, 15) is 22.4 Å². The monoisotopic (exact) mass is 687 g/mol. The molecule has 0 saturated carbocycles. The molecule has 0 aromatic heterocycles. The molecule has 3 unspecified atom stereocenters. The van der Waals surface area contributed by atoms with E-state index in [1.807, 2.05) is 18.2 Å². The third-order valence-electron chi connectivity index (χ3n) is 7.89. The van der Waals surface area contributed by atoms with Crippen LogP contribution in [0.3, 0.4) is 0 Å². The Labute approximate surface area is 281 Å². The van der Waals surface area contributed by atoms with E-state index < -0.39 is 57.6 Å². The van der Waals surface area contributed by atoms with Crippen LogP contribution < -0.4 is 9.46 Å². The van der Waals surface area contributed by atoms with Crippen LogP contribution in [0.4, 0.5) is 18.4 Å². The number of rotatable bonds is 12. The normalized spacial score (nSPS) is 18.0. The van der Waals surface area contributed by atoms with Crippen LogP contribution in [0.1, 0.15) is 38.8 Å². The topological polar surface area (TPSA) is 114 Å². The summed E-state index contributed by atoms with van der Waals surface area (Å²) in [7, 11) is -2.70. The second kappa shape index (κ2) is 15.8. The van der Waals surface area contributed by atoms with Crippen LogP contribution in [0.2, 0.25) is 0 Å². The summed E-state index contributed by atoms with van der Waals surface area (Å²) >= 11 is 0. The molecule has 3 aromatic rings. The molecule has 260 valence electrons. The molecule has 2 amide bonds. The smallest absolute Gasteiger partial charge is 0.410 e. The number of likely N-dealkylation sites (N-methyl/N-ethyl adjacent to an activating group) is 1. The highest BCUT2D eigenvalue weighted by atomic mass is 32.2. The molecule has 0 radical (unpaired) electrons. The van der Waals surface area contributed by atoms with Crippen LogP contribution in [0, 0.1) is 11.7 Å². The third-order valence-corrected chi connectivity index (χ3v) is 8.80. The number of hydrogen-bond donors (Lipinski definition) is 1. The molecule has 10 nitrogen and oxygen atoms in total. The van der Waals surface area contributed by atoms with Crippen LogP contribution in [0.15, 0.2) is 72.8 Å². The standard InChI is InChI=1S/C35H43F2N3O7S/c1-24-21-40(34(42)46-22-25-12-7-6-8-13-25)29(32(24)38-48(43,44)23-36)20-26-14-11-16-28(31(26)37)27-15-9-10-17-30(27)45-19-18-39(5)33(41)47-35(2,3)4/h6-17,24,29,32,38H,18-23H2,1-5H3. The molecule has 0 spiro atoms. The molecule has 1 aliphatic rings. The molecule has 48 heavy (non-hydrogen) atoms. The van der Waals surface area contributed by atoms with Gasteiger partial charge in [-0.05, 0) is 50.3 Å². The fourth-order valence-corrected chi connectivity index (χ4v) is 6.39. The first-order valence-electron chi connectivity index (χ1n) is 15.7. The van der Waals surface area contributed by atoms with Gasteiger partial charge >= 0.3 is 12.2 Å². The fourth-order valence-electron chi connectivity index (χ4n) is 5.52. The van der Waals surface area contributed by atoms with Gasteiger partial charge in [0.1, 0.15) is 30.4 Å². The highest BCUT2D eigenvalue weighted by Gasteiger charge is 2.44. The Morgan fingerprint density at radius 3 is 2.35 bits per heavy atom. The van der Waals surface area contributed by atoms with Gasteiger partial charge in [-0.25, -0.2) is 31.5 Å². The molecular weight excluding hydrogens is 644 g/mol. The van der Waals surface area contributed by atoms with Crippen LogP contribution in [-0.4, -0.2) is 80.8 Å². The summed E-state index contributed by atoms with van der Waals surface area (Å²) < 4.78 is 73.7. The largest absolute Gasteiger partial charge is 0.491 e. The Morgan fingerprint density at radius 2 is 1.67 bits per heavy atom. The molecular formula is C35H43F2N3O7S. The number of hydrogen-bond acceptors (Lipinski definition) is 7. The Bertz CT molecular complexity index is 1670. The van der Waals surface area contributed by atoms with Gasteiger partial charge < -0.3 is 24.0 Å². The number of ether oxygens (including phenoxy) is 3. The lowest BCUT2D eigenvalue weighted by Gasteiger charge is -2.28. The molecule has 0 aliphatic carbocycles. The molecule has 1 heterocycles. The van der Waals surface area contributed by atoms with E-state index in [1.165, 1.54) is 9.80 Å². The maximum absolute atomic E-state index is 16.4. The van der Waals surface area contributed by atoms with E-state index >= 15 is 4.39 Å². The molecule has 1 aliphatic heterocycles. The average Bonchev–Trinajstić information content (AvgIpc) is 3.34. The minimum absolute atomic E-state index is 0.00760. The Kier molecular flexibility index (Phi) is 12.0. The Hall–Kier alpha value is -4.23. The van der Waals surface area contributed by atoms with Crippen molar-refractivity contribution in [3.63, 3.8) is 0 Å². The van der Waals surface area contributed by atoms with Gasteiger partial charge in [-0.2, -0.15) is 0 Å². The number of halogens is 2. The van der Waals surface area contributed by atoms with Gasteiger partial charge in [0.25, 0.3) is 0 Å². The highest BCUT2D eigenvalue weighted by molar-refractivity contribution is 7.89. The van der Waals surface area contributed by atoms with Gasteiger partial charge in [-0.1, -0.05) is 73.7 Å². The van der Waals surface area contributed by atoms with E-state index in [-0.39, 0.29) is 43.9 Å². The fraction of sp³-hybridized carbons (Fsp3) is 0.429. The number of amides is 2. The Morgan fingerprint density at radius 1 is 1.00 bits per heavy atom. The second-order valence-corrected chi connectivity index (χ2v) is 14.5. The molecule has 3 atom stereocenters. The number of para-hydroxylation sites is 1. The summed E-state index contributed by atoms with van der Waals surface area (Å²) in [6.45, 7) is 7.52. The van der Waals surface area contributed by atoms with E-state index in [0.717, 1.165) is 5.56 Å². The average molecular weight is 688 g/mol. The van der Waals surface area contributed by atoms with Crippen molar-refractivity contribution in [1.29, 1.82) is 0 Å². The second-order valence-electron chi connectivity index (χ2n) is 12.8. The number of nitrogens with zero attached hydrogens (tertiary/aromatic N) is 2. The predicted molar refractivity (Wildman–Crippen MR) is 178 cm³/mol. The summed E-state index contributed by atoms with van der Waals surface area (Å²) in [6.07, 6.45) is -1.26. The molecule has 13 heteroatoms. The zero-order valence-corrected chi connectivity index (χ0v) is 28.6. The van der Waals surface area contributed by atoms with Gasteiger partial charge in [0.05, 0.1) is 12.6 Å². The minimum atomic E-state index is -4.30. The summed E-state index contributed by atoms with van der Waals surface area (Å²) in [5.41, 5.74) is 1.03. The van der Waals surface area contributed by atoms with Crippen LogP contribution in [-0.2, 0) is 32.5 Å². The zero-order valence-electron chi connectivity index (χ0n) is 27.8. The maximum Gasteiger partial charge on any atom is 0.410 e. The summed E-state index contributed by atoms with van der Waals surface area (Å²) in [5.74, 6) is -0.608. The van der Waals surface area contributed by atoms with Gasteiger partial charge in [0.15, 0.2) is 0 Å². The maximum atomic E-state index is 16.4. The quantitative estimate of drug-likeness (QED) is 0.243. The van der Waals surface area contributed by atoms with Gasteiger partial charge in [0, 0.05) is 30.8 Å². The van der Waals surface area contributed by atoms with E-state index in [0.29, 0.717) is 11.3 Å². The first kappa shape index (κ1) is 36.6. The number of nitrogens with one attached hydrogen (secondary N) is 1. The van der Waals surface area contributed by atoms with Crippen molar-refractivity contribution < 1.29 is 41.0 Å². The van der Waals surface area contributed by atoms with Gasteiger partial charge in [-0.15, -0.1) is 0 Å². The van der Waals surface area contributed by atoms with Crippen LogP contribution in [0.25, 0.3) is 11.1 Å². The van der Waals surface area contributed by atoms with Crippen molar-refractivity contribution in [3.8, 4) is 16.9 Å². The summed E-state index contributed by atoms with van der Waals surface area (Å²) in [6, 6.07) is 17.4. The van der Waals surface area contributed by atoms with E-state index in [4.69, 9.17) is 14.2 Å². The molecule has 1 saturated heterocycles. The minimum Gasteiger partial charge on any atom is -0.491 e. The van der Waals surface area contributed by atoms with E-state index in [1.54, 1.807) is 89.3 Å². The lowest BCUT2D eigenvalue weighted by Crippen LogP contribution is -2.49. The highest BCUT2D eigenvalue weighted by Crippen LogP contribution is 2.35. The molecule has 1 N–H and O–H groups in total. The SMILES string of the molecule is CC1CN(C(=O)OCc2ccccc2)C(Cc2cccc(-c3ccccc3OCCN(C)C(=O)OC(C)(C)C)c2F)C1NS(=O)(=O)CF. The van der Waals surface area contributed by atoms with Gasteiger partial charge in [0.2, 0.25) is 16.0 Å². The number of carbonyl (C=O) groups is 2. The first-order valence-corrected chi connectivity index (χ1v) is 17.3. The van der Waals surface area contributed by atoms with Crippen LogP contribution in [0.5, 0.6) is 5.75 Å². The van der Waals surface area contributed by atoms with Crippen molar-refractivity contribution in [2.75, 3.05) is 32.8 Å². The number of carbonyl (C=O) groups excluding carboxylic acids is 2. The molecule has 4 rings (SSSR count).